The van der Waals surface area contributed by atoms with Crippen LogP contribution in [0.2, 0.25) is 5.02 Å². The molecule has 1 unspecified atom stereocenters. The SMILES string of the molecule is CC(N)C1(c2ccc(C3CCOCC3)c(Cl)c2)CC1. The van der Waals surface area contributed by atoms with Gasteiger partial charge < -0.3 is 10.5 Å². The van der Waals surface area contributed by atoms with Crippen molar-refractivity contribution in [1.82, 2.24) is 0 Å². The first-order valence-corrected chi connectivity index (χ1v) is 7.64. The second-order valence-electron chi connectivity index (χ2n) is 6.07. The monoisotopic (exact) mass is 279 g/mol. The lowest BCUT2D eigenvalue weighted by molar-refractivity contribution is 0.0853. The zero-order valence-corrected chi connectivity index (χ0v) is 12.2. The Morgan fingerprint density at radius 2 is 2.00 bits per heavy atom. The molecule has 2 nitrogen and oxygen atoms in total. The molecule has 0 spiro atoms. The van der Waals surface area contributed by atoms with Gasteiger partial charge in [0.15, 0.2) is 0 Å². The van der Waals surface area contributed by atoms with E-state index in [9.17, 15) is 0 Å². The Morgan fingerprint density at radius 3 is 2.53 bits per heavy atom. The number of nitrogens with two attached hydrogens (primary N) is 1. The minimum Gasteiger partial charge on any atom is -0.381 e. The molecule has 3 heteroatoms. The largest absolute Gasteiger partial charge is 0.381 e. The third kappa shape index (κ3) is 2.42. The summed E-state index contributed by atoms with van der Waals surface area (Å²) >= 11 is 6.52. The molecule has 1 heterocycles. The molecule has 2 fully saturated rings. The van der Waals surface area contributed by atoms with Crippen LogP contribution < -0.4 is 5.73 Å². The van der Waals surface area contributed by atoms with E-state index in [1.165, 1.54) is 24.0 Å². The summed E-state index contributed by atoms with van der Waals surface area (Å²) in [5, 5.41) is 0.913. The summed E-state index contributed by atoms with van der Waals surface area (Å²) in [4.78, 5) is 0. The molecule has 1 aromatic rings. The second-order valence-corrected chi connectivity index (χ2v) is 6.47. The molecule has 0 aromatic heterocycles. The quantitative estimate of drug-likeness (QED) is 0.917. The first-order valence-electron chi connectivity index (χ1n) is 7.27. The Bertz CT molecular complexity index is 462. The van der Waals surface area contributed by atoms with Crippen molar-refractivity contribution in [2.24, 2.45) is 5.73 Å². The van der Waals surface area contributed by atoms with Crippen molar-refractivity contribution in [3.8, 4) is 0 Å². The summed E-state index contributed by atoms with van der Waals surface area (Å²) in [6.07, 6.45) is 4.55. The van der Waals surface area contributed by atoms with Gasteiger partial charge in [-0.1, -0.05) is 23.7 Å². The fourth-order valence-electron chi connectivity index (χ4n) is 3.32. The fraction of sp³-hybridized carbons (Fsp3) is 0.625. The Balaban J connectivity index is 1.86. The second kappa shape index (κ2) is 5.08. The van der Waals surface area contributed by atoms with E-state index in [4.69, 9.17) is 22.1 Å². The Labute approximate surface area is 120 Å². The van der Waals surface area contributed by atoms with Gasteiger partial charge in [0, 0.05) is 29.7 Å². The van der Waals surface area contributed by atoms with Gasteiger partial charge in [-0.15, -0.1) is 0 Å². The molecule has 1 aliphatic carbocycles. The molecule has 1 aromatic carbocycles. The average molecular weight is 280 g/mol. The van der Waals surface area contributed by atoms with Gasteiger partial charge in [0.1, 0.15) is 0 Å². The normalized spacial score (nSPS) is 24.2. The van der Waals surface area contributed by atoms with Crippen LogP contribution in [0.15, 0.2) is 18.2 Å². The summed E-state index contributed by atoms with van der Waals surface area (Å²) in [7, 11) is 0. The predicted molar refractivity (Wildman–Crippen MR) is 78.8 cm³/mol. The molecule has 1 atom stereocenters. The van der Waals surface area contributed by atoms with E-state index in [0.29, 0.717) is 5.92 Å². The molecule has 19 heavy (non-hydrogen) atoms. The number of hydrogen-bond donors (Lipinski definition) is 1. The van der Waals surface area contributed by atoms with E-state index >= 15 is 0 Å². The maximum Gasteiger partial charge on any atom is 0.0471 e. The minimum atomic E-state index is 0.192. The van der Waals surface area contributed by atoms with Gasteiger partial charge in [-0.25, -0.2) is 0 Å². The summed E-state index contributed by atoms with van der Waals surface area (Å²) in [5.74, 6) is 0.556. The number of halogens is 1. The Kier molecular flexibility index (Phi) is 3.59. The molecule has 1 saturated carbocycles. The smallest absolute Gasteiger partial charge is 0.0471 e. The molecule has 0 radical (unpaired) electrons. The molecular weight excluding hydrogens is 258 g/mol. The van der Waals surface area contributed by atoms with Crippen molar-refractivity contribution in [3.05, 3.63) is 34.3 Å². The van der Waals surface area contributed by atoms with Crippen LogP contribution in [0, 0.1) is 0 Å². The van der Waals surface area contributed by atoms with Crippen LogP contribution in [0.5, 0.6) is 0 Å². The molecule has 104 valence electrons. The number of benzene rings is 1. The molecule has 0 bridgehead atoms. The van der Waals surface area contributed by atoms with Crippen LogP contribution >= 0.6 is 11.6 Å². The topological polar surface area (TPSA) is 35.2 Å². The van der Waals surface area contributed by atoms with Crippen molar-refractivity contribution in [1.29, 1.82) is 0 Å². The molecule has 1 saturated heterocycles. The lowest BCUT2D eigenvalue weighted by Gasteiger charge is -2.25. The predicted octanol–water partition coefficient (Wildman–Crippen LogP) is 3.61. The van der Waals surface area contributed by atoms with Crippen LogP contribution in [-0.2, 0) is 10.2 Å². The number of hydrogen-bond acceptors (Lipinski definition) is 2. The number of ether oxygens (including phenoxy) is 1. The van der Waals surface area contributed by atoms with Gasteiger partial charge in [-0.3, -0.25) is 0 Å². The van der Waals surface area contributed by atoms with Crippen molar-refractivity contribution < 1.29 is 4.74 Å². The maximum atomic E-state index is 6.52. The third-order valence-corrected chi connectivity index (χ3v) is 5.22. The Hall–Kier alpha value is -0.570. The molecule has 0 amide bonds. The highest BCUT2D eigenvalue weighted by Crippen LogP contribution is 2.51. The van der Waals surface area contributed by atoms with Crippen molar-refractivity contribution in [2.45, 2.75) is 50.0 Å². The standard InChI is InChI=1S/C16H22ClNO/c1-11(18)16(6-7-16)13-2-3-14(15(17)10-13)12-4-8-19-9-5-12/h2-3,10-12H,4-9,18H2,1H3. The molecular formula is C16H22ClNO. The third-order valence-electron chi connectivity index (χ3n) is 4.90. The van der Waals surface area contributed by atoms with E-state index in [1.807, 2.05) is 0 Å². The zero-order chi connectivity index (χ0) is 13.5. The van der Waals surface area contributed by atoms with Crippen molar-refractivity contribution >= 4 is 11.6 Å². The first-order chi connectivity index (χ1) is 9.13. The van der Waals surface area contributed by atoms with E-state index < -0.39 is 0 Å². The molecule has 1 aliphatic heterocycles. The van der Waals surface area contributed by atoms with E-state index in [2.05, 4.69) is 25.1 Å². The fourth-order valence-corrected chi connectivity index (χ4v) is 3.65. The molecule has 2 aliphatic rings. The van der Waals surface area contributed by atoms with Gasteiger partial charge >= 0.3 is 0 Å². The first kappa shape index (κ1) is 13.4. The van der Waals surface area contributed by atoms with Gasteiger partial charge in [-0.05, 0) is 55.7 Å². The lowest BCUT2D eigenvalue weighted by atomic mass is 9.86. The summed E-state index contributed by atoms with van der Waals surface area (Å²) in [6, 6.07) is 6.82. The summed E-state index contributed by atoms with van der Waals surface area (Å²) < 4.78 is 5.42. The Morgan fingerprint density at radius 1 is 1.32 bits per heavy atom. The van der Waals surface area contributed by atoms with Gasteiger partial charge in [0.05, 0.1) is 0 Å². The average Bonchev–Trinajstić information content (AvgIpc) is 3.21. The van der Waals surface area contributed by atoms with Crippen LogP contribution in [0.25, 0.3) is 0 Å². The van der Waals surface area contributed by atoms with Gasteiger partial charge in [0.25, 0.3) is 0 Å². The van der Waals surface area contributed by atoms with Crippen LogP contribution in [-0.4, -0.2) is 19.3 Å². The van der Waals surface area contributed by atoms with Crippen molar-refractivity contribution in [3.63, 3.8) is 0 Å². The zero-order valence-electron chi connectivity index (χ0n) is 11.5. The van der Waals surface area contributed by atoms with Crippen LogP contribution in [0.1, 0.15) is 49.7 Å². The highest BCUT2D eigenvalue weighted by molar-refractivity contribution is 6.31. The highest BCUT2D eigenvalue weighted by atomic mass is 35.5. The molecule has 2 N–H and O–H groups in total. The van der Waals surface area contributed by atoms with E-state index in [-0.39, 0.29) is 11.5 Å². The minimum absolute atomic E-state index is 0.192. The van der Waals surface area contributed by atoms with Gasteiger partial charge in [0.2, 0.25) is 0 Å². The van der Waals surface area contributed by atoms with Crippen LogP contribution in [0.3, 0.4) is 0 Å². The summed E-state index contributed by atoms with van der Waals surface area (Å²) in [5.41, 5.74) is 8.94. The van der Waals surface area contributed by atoms with E-state index in [1.54, 1.807) is 0 Å². The van der Waals surface area contributed by atoms with Crippen molar-refractivity contribution in [2.75, 3.05) is 13.2 Å². The lowest BCUT2D eigenvalue weighted by Crippen LogP contribution is -2.31. The van der Waals surface area contributed by atoms with Crippen LogP contribution in [0.4, 0.5) is 0 Å². The highest BCUT2D eigenvalue weighted by Gasteiger charge is 2.47. The summed E-state index contributed by atoms with van der Waals surface area (Å²) in [6.45, 7) is 3.81. The molecule has 3 rings (SSSR count). The maximum absolute atomic E-state index is 6.52. The van der Waals surface area contributed by atoms with Gasteiger partial charge in [-0.2, -0.15) is 0 Å². The number of rotatable bonds is 3. The van der Waals surface area contributed by atoms with E-state index in [0.717, 1.165) is 31.1 Å².